The summed E-state index contributed by atoms with van der Waals surface area (Å²) in [7, 11) is 0. The van der Waals surface area contributed by atoms with Gasteiger partial charge < -0.3 is 15.2 Å². The molecule has 2 aromatic rings. The molecule has 0 aliphatic carbocycles. The highest BCUT2D eigenvalue weighted by molar-refractivity contribution is 7.98. The Balaban J connectivity index is 1.95. The van der Waals surface area contributed by atoms with E-state index >= 15 is 0 Å². The molecule has 0 saturated carbocycles. The molecule has 2 rings (SSSR count). The monoisotopic (exact) mass is 359 g/mol. The van der Waals surface area contributed by atoms with Crippen molar-refractivity contribution in [3.63, 3.8) is 0 Å². The van der Waals surface area contributed by atoms with Crippen molar-refractivity contribution in [2.45, 2.75) is 19.1 Å². The molecule has 0 bridgehead atoms. The van der Waals surface area contributed by atoms with E-state index in [4.69, 9.17) is 9.84 Å². The van der Waals surface area contributed by atoms with Crippen LogP contribution in [-0.4, -0.2) is 29.3 Å². The van der Waals surface area contributed by atoms with Crippen LogP contribution < -0.4 is 10.1 Å². The number of carboxylic acid groups (broad SMARTS) is 1. The largest absolute Gasteiger partial charge is 0.494 e. The van der Waals surface area contributed by atoms with Gasteiger partial charge >= 0.3 is 5.97 Å². The van der Waals surface area contributed by atoms with E-state index in [0.717, 1.165) is 5.56 Å². The SMILES string of the molecule is CCOc1cccc(C(=O)Nc2cccc(CSCCC(=O)O)c2)c1. The lowest BCUT2D eigenvalue weighted by Crippen LogP contribution is -2.12. The Morgan fingerprint density at radius 2 is 1.96 bits per heavy atom. The number of carbonyl (C=O) groups is 2. The summed E-state index contributed by atoms with van der Waals surface area (Å²) < 4.78 is 5.41. The van der Waals surface area contributed by atoms with Crippen LogP contribution in [0.25, 0.3) is 0 Å². The minimum Gasteiger partial charge on any atom is -0.494 e. The van der Waals surface area contributed by atoms with Gasteiger partial charge in [-0.1, -0.05) is 18.2 Å². The number of hydrogen-bond acceptors (Lipinski definition) is 4. The lowest BCUT2D eigenvalue weighted by atomic mass is 10.2. The average Bonchev–Trinajstić information content (AvgIpc) is 2.59. The number of hydrogen-bond donors (Lipinski definition) is 2. The number of anilines is 1. The minimum atomic E-state index is -0.789. The fraction of sp³-hybridized carbons (Fsp3) is 0.263. The molecule has 2 aromatic carbocycles. The Labute approximate surface area is 151 Å². The lowest BCUT2D eigenvalue weighted by Gasteiger charge is -2.09. The lowest BCUT2D eigenvalue weighted by molar-refractivity contribution is -0.136. The normalized spacial score (nSPS) is 10.3. The smallest absolute Gasteiger partial charge is 0.304 e. The van der Waals surface area contributed by atoms with E-state index in [1.165, 1.54) is 0 Å². The fourth-order valence-electron chi connectivity index (χ4n) is 2.19. The standard InChI is InChI=1S/C19H21NO4S/c1-2-24-17-8-4-6-15(12-17)19(23)20-16-7-3-5-14(11-16)13-25-10-9-18(21)22/h3-8,11-12H,2,9-10,13H2,1H3,(H,20,23)(H,21,22). The van der Waals surface area contributed by atoms with Gasteiger partial charge in [-0.2, -0.15) is 11.8 Å². The topological polar surface area (TPSA) is 75.6 Å². The molecule has 25 heavy (non-hydrogen) atoms. The molecule has 0 saturated heterocycles. The van der Waals surface area contributed by atoms with E-state index in [0.29, 0.717) is 35.1 Å². The molecule has 2 N–H and O–H groups in total. The Kier molecular flexibility index (Phi) is 7.35. The highest BCUT2D eigenvalue weighted by Crippen LogP contribution is 2.19. The number of carboxylic acids is 1. The Morgan fingerprint density at radius 3 is 2.72 bits per heavy atom. The van der Waals surface area contributed by atoms with Crippen LogP contribution in [0.5, 0.6) is 5.75 Å². The molecule has 132 valence electrons. The summed E-state index contributed by atoms with van der Waals surface area (Å²) in [6, 6.07) is 14.6. The summed E-state index contributed by atoms with van der Waals surface area (Å²) in [4.78, 5) is 22.9. The molecule has 0 atom stereocenters. The van der Waals surface area contributed by atoms with Gasteiger partial charge in [-0.15, -0.1) is 0 Å². The van der Waals surface area contributed by atoms with Crippen LogP contribution in [0.3, 0.4) is 0 Å². The Hall–Kier alpha value is -2.47. The third-order valence-electron chi connectivity index (χ3n) is 3.32. The minimum absolute atomic E-state index is 0.150. The van der Waals surface area contributed by atoms with E-state index in [2.05, 4.69) is 5.32 Å². The molecule has 0 spiro atoms. The van der Waals surface area contributed by atoms with E-state index in [1.54, 1.807) is 30.0 Å². The summed E-state index contributed by atoms with van der Waals surface area (Å²) in [5.41, 5.74) is 2.28. The third kappa shape index (κ3) is 6.51. The number of thioether (sulfide) groups is 1. The quantitative estimate of drug-likeness (QED) is 0.661. The molecule has 0 heterocycles. The first-order valence-electron chi connectivity index (χ1n) is 8.01. The molecular weight excluding hydrogens is 338 g/mol. The van der Waals surface area contributed by atoms with Crippen molar-refractivity contribution in [3.8, 4) is 5.75 Å². The van der Waals surface area contributed by atoms with Crippen LogP contribution in [0.4, 0.5) is 5.69 Å². The fourth-order valence-corrected chi connectivity index (χ4v) is 3.06. The van der Waals surface area contributed by atoms with Crippen LogP contribution in [0.15, 0.2) is 48.5 Å². The van der Waals surface area contributed by atoms with Crippen molar-refractivity contribution >= 4 is 29.3 Å². The molecule has 5 nitrogen and oxygen atoms in total. The molecule has 0 unspecified atom stereocenters. The number of amides is 1. The summed E-state index contributed by atoms with van der Waals surface area (Å²) in [5, 5.41) is 11.5. The van der Waals surface area contributed by atoms with Crippen LogP contribution in [0, 0.1) is 0 Å². The first-order valence-corrected chi connectivity index (χ1v) is 9.16. The summed E-state index contributed by atoms with van der Waals surface area (Å²) in [6.07, 6.45) is 0.150. The maximum absolute atomic E-state index is 12.4. The van der Waals surface area contributed by atoms with Gasteiger partial charge in [0, 0.05) is 22.8 Å². The van der Waals surface area contributed by atoms with Crippen molar-refractivity contribution in [1.29, 1.82) is 0 Å². The van der Waals surface area contributed by atoms with Gasteiger partial charge in [0.15, 0.2) is 0 Å². The summed E-state index contributed by atoms with van der Waals surface area (Å²) in [6.45, 7) is 2.44. The molecule has 0 aliphatic heterocycles. The second-order valence-corrected chi connectivity index (χ2v) is 6.42. The van der Waals surface area contributed by atoms with Crippen LogP contribution >= 0.6 is 11.8 Å². The molecule has 0 aliphatic rings. The van der Waals surface area contributed by atoms with E-state index < -0.39 is 5.97 Å². The molecule has 6 heteroatoms. The van der Waals surface area contributed by atoms with Gasteiger partial charge in [-0.25, -0.2) is 0 Å². The maximum Gasteiger partial charge on any atom is 0.304 e. The first kappa shape index (κ1) is 18.9. The van der Waals surface area contributed by atoms with Gasteiger partial charge in [0.1, 0.15) is 5.75 Å². The van der Waals surface area contributed by atoms with Gasteiger partial charge in [-0.3, -0.25) is 9.59 Å². The van der Waals surface area contributed by atoms with Crippen molar-refractivity contribution in [2.75, 3.05) is 17.7 Å². The molecule has 0 radical (unpaired) electrons. The molecular formula is C19H21NO4S. The van der Waals surface area contributed by atoms with Crippen LogP contribution in [0.2, 0.25) is 0 Å². The number of ether oxygens (including phenoxy) is 1. The zero-order valence-electron chi connectivity index (χ0n) is 14.0. The number of carbonyl (C=O) groups excluding carboxylic acids is 1. The first-order chi connectivity index (χ1) is 12.1. The third-order valence-corrected chi connectivity index (χ3v) is 4.35. The molecule has 1 amide bonds. The highest BCUT2D eigenvalue weighted by Gasteiger charge is 2.08. The van der Waals surface area contributed by atoms with Gasteiger partial charge in [0.05, 0.1) is 13.0 Å². The van der Waals surface area contributed by atoms with Crippen LogP contribution in [-0.2, 0) is 10.5 Å². The summed E-state index contributed by atoms with van der Waals surface area (Å²) >= 11 is 1.56. The maximum atomic E-state index is 12.4. The van der Waals surface area contributed by atoms with Gasteiger partial charge in [-0.05, 0) is 42.8 Å². The zero-order valence-corrected chi connectivity index (χ0v) is 14.8. The van der Waals surface area contributed by atoms with Gasteiger partial charge in [0.25, 0.3) is 5.91 Å². The van der Waals surface area contributed by atoms with Crippen molar-refractivity contribution in [3.05, 3.63) is 59.7 Å². The van der Waals surface area contributed by atoms with Crippen molar-refractivity contribution < 1.29 is 19.4 Å². The number of nitrogens with one attached hydrogen (secondary N) is 1. The van der Waals surface area contributed by atoms with Crippen molar-refractivity contribution in [2.24, 2.45) is 0 Å². The second-order valence-electron chi connectivity index (χ2n) is 5.31. The zero-order chi connectivity index (χ0) is 18.1. The van der Waals surface area contributed by atoms with E-state index in [9.17, 15) is 9.59 Å². The van der Waals surface area contributed by atoms with E-state index in [-0.39, 0.29) is 12.3 Å². The number of benzene rings is 2. The predicted molar refractivity (Wildman–Crippen MR) is 100 cm³/mol. The number of aliphatic carboxylic acids is 1. The molecule has 0 aromatic heterocycles. The predicted octanol–water partition coefficient (Wildman–Crippen LogP) is 4.05. The Bertz CT molecular complexity index is 733. The Morgan fingerprint density at radius 1 is 1.16 bits per heavy atom. The average molecular weight is 359 g/mol. The summed E-state index contributed by atoms with van der Waals surface area (Å²) in [5.74, 6) is 0.950. The van der Waals surface area contributed by atoms with Crippen LogP contribution in [0.1, 0.15) is 29.3 Å². The van der Waals surface area contributed by atoms with Gasteiger partial charge in [0.2, 0.25) is 0 Å². The van der Waals surface area contributed by atoms with E-state index in [1.807, 2.05) is 37.3 Å². The molecule has 0 fully saturated rings. The van der Waals surface area contributed by atoms with Crippen molar-refractivity contribution in [1.82, 2.24) is 0 Å². The highest BCUT2D eigenvalue weighted by atomic mass is 32.2. The second kappa shape index (κ2) is 9.74. The number of rotatable bonds is 9.